The number of aromatic nitrogens is 8. The van der Waals surface area contributed by atoms with E-state index in [0.717, 1.165) is 51.3 Å². The van der Waals surface area contributed by atoms with Crippen LogP contribution in [0.5, 0.6) is 11.5 Å². The van der Waals surface area contributed by atoms with Crippen molar-refractivity contribution >= 4 is 83.2 Å². The minimum atomic E-state index is -3.87. The second kappa shape index (κ2) is 34.2. The Balaban J connectivity index is 0.000000239. The molecule has 2 fully saturated rings. The van der Waals surface area contributed by atoms with Gasteiger partial charge in [0.25, 0.3) is 0 Å². The van der Waals surface area contributed by atoms with Crippen LogP contribution in [-0.4, -0.2) is 132 Å². The summed E-state index contributed by atoms with van der Waals surface area (Å²) in [6.07, 6.45) is 7.32. The van der Waals surface area contributed by atoms with Crippen LogP contribution in [0.2, 0.25) is 0 Å². The molecule has 2 aliphatic heterocycles. The number of nitrogens with one attached hydrogen (secondary N) is 2. The van der Waals surface area contributed by atoms with Crippen LogP contribution in [-0.2, 0) is 69.7 Å². The number of aliphatic hydroxyl groups excluding tert-OH is 1. The van der Waals surface area contributed by atoms with Crippen molar-refractivity contribution in [3.8, 4) is 11.5 Å². The van der Waals surface area contributed by atoms with Gasteiger partial charge in [-0.25, -0.2) is 49.2 Å². The molecular weight excluding hydrogens is 1350 g/mol. The summed E-state index contributed by atoms with van der Waals surface area (Å²) in [7, 11) is -4.34. The molecular formula is C69H84N12O14P2S2. The van der Waals surface area contributed by atoms with Gasteiger partial charge in [-0.05, 0) is 105 Å². The van der Waals surface area contributed by atoms with Gasteiger partial charge in [0, 0.05) is 24.6 Å². The Kier molecular flexibility index (Phi) is 25.7. The van der Waals surface area contributed by atoms with Crippen molar-refractivity contribution in [3.05, 3.63) is 193 Å². The van der Waals surface area contributed by atoms with Crippen LogP contribution in [0.15, 0.2) is 165 Å². The molecule has 0 bridgehead atoms. The van der Waals surface area contributed by atoms with Gasteiger partial charge in [-0.15, -0.1) is 0 Å². The highest BCUT2D eigenvalue weighted by Crippen LogP contribution is 2.48. The number of ether oxygens (including phenoxy) is 5. The summed E-state index contributed by atoms with van der Waals surface area (Å²) >= 11 is 2.12. The van der Waals surface area contributed by atoms with Crippen LogP contribution in [0.4, 0.5) is 11.6 Å². The lowest BCUT2D eigenvalue weighted by atomic mass is 9.79. The first-order valence-corrected chi connectivity index (χ1v) is 37.3. The van der Waals surface area contributed by atoms with Gasteiger partial charge in [0.1, 0.15) is 53.2 Å². The third-order valence-corrected chi connectivity index (χ3v) is 22.0. The summed E-state index contributed by atoms with van der Waals surface area (Å²) in [6, 6.07) is 44.5. The molecule has 0 amide bonds. The largest absolute Gasteiger partial charge is 0.497 e. The first-order chi connectivity index (χ1) is 47.7. The zero-order valence-electron chi connectivity index (χ0n) is 56.0. The van der Waals surface area contributed by atoms with Gasteiger partial charge in [-0.3, -0.25) is 36.8 Å². The SMILES string of the molecule is CC(C)(CO)C(=O)SCCOP(=O)(NCc1ccccc1)OC[C@H]1CC[C@@H](n2cnc3c(N)ncnc32)O1.COc1ccc(C(OCC(C)(C)C(=O)SCCOP(=O)(NCc2ccccc2)OC[C@H]2CC[C@@H](n3cnc4c(N)ncnc43)O2)(c2ccccc2)c2ccc(OC)cc2)cc1. The molecule has 11 rings (SSSR count). The topological polar surface area (TPSA) is 335 Å². The lowest BCUT2D eigenvalue weighted by Gasteiger charge is -2.38. The van der Waals surface area contributed by atoms with Crippen molar-refractivity contribution < 1.29 is 65.6 Å². The molecule has 6 atom stereocenters. The van der Waals surface area contributed by atoms with E-state index in [1.807, 2.05) is 158 Å². The second-order valence-electron chi connectivity index (χ2n) is 24.6. The fourth-order valence-corrected chi connectivity index (χ4v) is 15.3. The molecule has 5 aromatic carbocycles. The average Bonchev–Trinajstić information content (AvgIpc) is 1.60. The number of aliphatic hydroxyl groups is 1. The number of carbonyl (C=O) groups excluding carboxylic acids is 2. The molecule has 0 radical (unpaired) electrons. The van der Waals surface area contributed by atoms with E-state index in [9.17, 15) is 23.8 Å². The molecule has 9 aromatic rings. The average molecular weight is 1430 g/mol. The third kappa shape index (κ3) is 19.1. The number of anilines is 2. The Morgan fingerprint density at radius 3 is 1.37 bits per heavy atom. The van der Waals surface area contributed by atoms with Gasteiger partial charge in [-0.1, -0.05) is 139 Å². The minimum absolute atomic E-state index is 0.0152. The Labute approximate surface area is 583 Å². The predicted octanol–water partition coefficient (Wildman–Crippen LogP) is 11.6. The van der Waals surface area contributed by atoms with E-state index in [1.54, 1.807) is 45.3 Å². The number of imidazole rings is 2. The van der Waals surface area contributed by atoms with Gasteiger partial charge >= 0.3 is 15.5 Å². The van der Waals surface area contributed by atoms with Crippen molar-refractivity contribution in [2.24, 2.45) is 10.8 Å². The van der Waals surface area contributed by atoms with Crippen molar-refractivity contribution in [3.63, 3.8) is 0 Å². The number of nitrogen functional groups attached to an aromatic ring is 2. The number of benzene rings is 5. The number of nitrogens with two attached hydrogens (primary N) is 2. The van der Waals surface area contributed by atoms with E-state index in [2.05, 4.69) is 40.1 Å². The fraction of sp³-hybridized carbons (Fsp3) is 0.391. The zero-order chi connectivity index (χ0) is 70.1. The molecule has 99 heavy (non-hydrogen) atoms. The molecule has 6 heterocycles. The Morgan fingerprint density at radius 2 is 0.960 bits per heavy atom. The number of hydrogen-bond donors (Lipinski definition) is 5. The molecule has 526 valence electrons. The molecule has 2 aliphatic rings. The second-order valence-corrected chi connectivity index (χ2v) is 30.4. The summed E-state index contributed by atoms with van der Waals surface area (Å²) in [5.41, 5.74) is 15.6. The highest BCUT2D eigenvalue weighted by Gasteiger charge is 2.42. The lowest BCUT2D eigenvalue weighted by molar-refractivity contribution is -0.124. The summed E-state index contributed by atoms with van der Waals surface area (Å²) in [4.78, 5) is 51.4. The van der Waals surface area contributed by atoms with Crippen molar-refractivity contribution in [1.29, 1.82) is 0 Å². The van der Waals surface area contributed by atoms with E-state index >= 15 is 0 Å². The first-order valence-electron chi connectivity index (χ1n) is 32.2. The quantitative estimate of drug-likeness (QED) is 0.0145. The van der Waals surface area contributed by atoms with E-state index in [0.29, 0.717) is 71.1 Å². The van der Waals surface area contributed by atoms with E-state index in [-0.39, 0.29) is 99.1 Å². The van der Waals surface area contributed by atoms with Crippen LogP contribution in [0, 0.1) is 10.8 Å². The van der Waals surface area contributed by atoms with Crippen LogP contribution in [0.1, 0.15) is 93.7 Å². The fourth-order valence-electron chi connectivity index (χ4n) is 10.8. The maximum Gasteiger partial charge on any atom is 0.405 e. The highest BCUT2D eigenvalue weighted by molar-refractivity contribution is 8.14. The predicted molar refractivity (Wildman–Crippen MR) is 379 cm³/mol. The van der Waals surface area contributed by atoms with Crippen LogP contribution >= 0.6 is 39.0 Å². The van der Waals surface area contributed by atoms with Crippen molar-refractivity contribution in [2.75, 3.05) is 76.8 Å². The maximum absolute atomic E-state index is 14.2. The number of hydrogen-bond acceptors (Lipinski definition) is 24. The maximum atomic E-state index is 14.2. The Bertz CT molecular complexity index is 4140. The summed E-state index contributed by atoms with van der Waals surface area (Å²) in [5.74, 6) is 2.51. The summed E-state index contributed by atoms with van der Waals surface area (Å²) in [5, 5.41) is 15.0. The summed E-state index contributed by atoms with van der Waals surface area (Å²) in [6.45, 7) is 7.46. The van der Waals surface area contributed by atoms with E-state index < -0.39 is 31.9 Å². The van der Waals surface area contributed by atoms with Crippen molar-refractivity contribution in [2.45, 2.75) is 96.7 Å². The van der Waals surface area contributed by atoms with Gasteiger partial charge in [0.05, 0.1) is 89.6 Å². The normalized spacial score (nSPS) is 17.8. The van der Waals surface area contributed by atoms with Gasteiger partial charge in [0.2, 0.25) is 0 Å². The minimum Gasteiger partial charge on any atom is -0.497 e. The standard InChI is InChI=1S/C45H51N6O8PS.C24H33N6O6PS/c1-44(2,29-56-45(33-13-9-6-10-14-33,34-15-19-36(54-3)20-16-34)35-17-21-37(55-4)22-18-35)43(52)61-26-25-57-60(53,50-27-32-11-7-5-8-12-32)58-28-38-23-24-39(59-38)51-31-49-40-41(46)47-30-48-42(40)51;1-24(2,14-31)23(32)38-11-10-34-37(33,29-12-17-6-4-3-5-7-17)35-13-18-8-9-19(36-18)30-16-28-20-21(25)26-15-27-22(20)30/h5-22,30-31,38-39H,23-29H2,1-4H3,(H,50,53)(H2,46,47,48);3-7,15-16,18-19,31H,8-14H2,1-2H3,(H,29,33)(H2,25,26,27)/t38-,39+,60?;18-,19+,37?/m11/s1. The van der Waals surface area contributed by atoms with Crippen LogP contribution < -0.4 is 31.1 Å². The number of fused-ring (bicyclic) bond motifs is 2. The molecule has 4 aromatic heterocycles. The van der Waals surface area contributed by atoms with E-state index in [4.69, 9.17) is 53.2 Å². The lowest BCUT2D eigenvalue weighted by Crippen LogP contribution is -2.38. The number of thioether (sulfide) groups is 2. The highest BCUT2D eigenvalue weighted by atomic mass is 32.2. The number of carbonyl (C=O) groups is 2. The number of methoxy groups -OCH3 is 2. The molecule has 0 saturated carbocycles. The summed E-state index contributed by atoms with van der Waals surface area (Å²) < 4.78 is 85.3. The Hall–Kier alpha value is -7.50. The molecule has 0 aliphatic carbocycles. The van der Waals surface area contributed by atoms with Gasteiger partial charge in [-0.2, -0.15) is 0 Å². The van der Waals surface area contributed by atoms with Crippen LogP contribution in [0.3, 0.4) is 0 Å². The molecule has 26 nitrogen and oxygen atoms in total. The first kappa shape index (κ1) is 74.2. The smallest absolute Gasteiger partial charge is 0.405 e. The molecule has 7 N–H and O–H groups in total. The number of nitrogens with zero attached hydrogens (tertiary/aromatic N) is 8. The zero-order valence-corrected chi connectivity index (χ0v) is 59.4. The van der Waals surface area contributed by atoms with Crippen LogP contribution in [0.25, 0.3) is 22.3 Å². The Morgan fingerprint density at radius 1 is 0.556 bits per heavy atom. The van der Waals surface area contributed by atoms with E-state index in [1.165, 1.54) is 12.7 Å². The monoisotopic (exact) mass is 1430 g/mol. The molecule has 30 heteroatoms. The van der Waals surface area contributed by atoms with Gasteiger partial charge < -0.3 is 40.3 Å². The molecule has 2 unspecified atom stereocenters. The third-order valence-electron chi connectivity index (χ3n) is 16.5. The van der Waals surface area contributed by atoms with Crippen molar-refractivity contribution in [1.82, 2.24) is 49.2 Å². The number of rotatable bonds is 33. The molecule has 0 spiro atoms. The van der Waals surface area contributed by atoms with Gasteiger partial charge in [0.15, 0.2) is 33.2 Å². The molecule has 2 saturated heterocycles.